The quantitative estimate of drug-likeness (QED) is 0.716. The predicted octanol–water partition coefficient (Wildman–Crippen LogP) is 2.69. The number of H-pyrrole nitrogens is 1. The number of hydrogen-bond donors (Lipinski definition) is 2. The first-order chi connectivity index (χ1) is 14.0. The molecule has 1 aliphatic rings. The number of aromatic amines is 1. The molecule has 0 atom stereocenters. The fourth-order valence-corrected chi connectivity index (χ4v) is 4.01. The monoisotopic (exact) mass is 392 g/mol. The van der Waals surface area contributed by atoms with Crippen LogP contribution in [0, 0.1) is 0 Å². The first-order valence-electron chi connectivity index (χ1n) is 9.85. The second kappa shape index (κ2) is 7.95. The summed E-state index contributed by atoms with van der Waals surface area (Å²) in [5.74, 6) is -0.0343. The van der Waals surface area contributed by atoms with Gasteiger partial charge in [0.15, 0.2) is 0 Å². The summed E-state index contributed by atoms with van der Waals surface area (Å²) in [6.45, 7) is 2.74. The van der Waals surface area contributed by atoms with Crippen LogP contribution in [0.25, 0.3) is 11.0 Å². The molecule has 1 aromatic heterocycles. The van der Waals surface area contributed by atoms with Gasteiger partial charge in [0.05, 0.1) is 17.5 Å². The van der Waals surface area contributed by atoms with Crippen molar-refractivity contribution >= 4 is 28.5 Å². The van der Waals surface area contributed by atoms with Gasteiger partial charge in [-0.25, -0.2) is 4.79 Å². The van der Waals surface area contributed by atoms with Crippen LogP contribution >= 0.6 is 0 Å². The summed E-state index contributed by atoms with van der Waals surface area (Å²) in [4.78, 5) is 40.9. The SMILES string of the molecule is CC(=O)Nc1ccc(CC(=O)N2CCC(n3c(=O)[nH]c4ccccc43)CC2)cc1. The minimum Gasteiger partial charge on any atom is -0.342 e. The van der Waals surface area contributed by atoms with Crippen molar-refractivity contribution < 1.29 is 9.59 Å². The summed E-state index contributed by atoms with van der Waals surface area (Å²) in [6.07, 6.45) is 1.85. The minimum absolute atomic E-state index is 0.0852. The van der Waals surface area contributed by atoms with E-state index in [0.717, 1.165) is 35.1 Å². The number of likely N-dealkylation sites (tertiary alicyclic amines) is 1. The van der Waals surface area contributed by atoms with E-state index in [1.165, 1.54) is 6.92 Å². The molecule has 7 heteroatoms. The Hall–Kier alpha value is -3.35. The second-order valence-electron chi connectivity index (χ2n) is 7.48. The summed E-state index contributed by atoms with van der Waals surface area (Å²) in [5, 5.41) is 2.72. The Bertz CT molecular complexity index is 1090. The number of para-hydroxylation sites is 2. The van der Waals surface area contributed by atoms with Crippen molar-refractivity contribution in [2.24, 2.45) is 0 Å². The van der Waals surface area contributed by atoms with Crippen molar-refractivity contribution in [1.82, 2.24) is 14.5 Å². The summed E-state index contributed by atoms with van der Waals surface area (Å²) in [6, 6.07) is 15.1. The molecular weight excluding hydrogens is 368 g/mol. The van der Waals surface area contributed by atoms with Crippen LogP contribution in [0.2, 0.25) is 0 Å². The highest BCUT2D eigenvalue weighted by Crippen LogP contribution is 2.25. The highest BCUT2D eigenvalue weighted by molar-refractivity contribution is 5.88. The zero-order valence-electron chi connectivity index (χ0n) is 16.4. The van der Waals surface area contributed by atoms with Gasteiger partial charge in [0.2, 0.25) is 11.8 Å². The van der Waals surface area contributed by atoms with Gasteiger partial charge in [-0.2, -0.15) is 0 Å². The van der Waals surface area contributed by atoms with Gasteiger partial charge in [0.25, 0.3) is 0 Å². The lowest BCUT2D eigenvalue weighted by Gasteiger charge is -2.32. The third-order valence-electron chi connectivity index (χ3n) is 5.44. The van der Waals surface area contributed by atoms with Gasteiger partial charge in [0.1, 0.15) is 0 Å². The molecule has 0 saturated carbocycles. The molecule has 2 N–H and O–H groups in total. The van der Waals surface area contributed by atoms with Gasteiger partial charge in [-0.1, -0.05) is 24.3 Å². The van der Waals surface area contributed by atoms with Crippen LogP contribution in [-0.4, -0.2) is 39.4 Å². The molecule has 0 aliphatic carbocycles. The maximum absolute atomic E-state index is 12.7. The van der Waals surface area contributed by atoms with Crippen LogP contribution in [-0.2, 0) is 16.0 Å². The Balaban J connectivity index is 1.38. The third kappa shape index (κ3) is 4.08. The fourth-order valence-electron chi connectivity index (χ4n) is 4.01. The summed E-state index contributed by atoms with van der Waals surface area (Å²) >= 11 is 0. The van der Waals surface area contributed by atoms with Crippen molar-refractivity contribution in [3.8, 4) is 0 Å². The smallest absolute Gasteiger partial charge is 0.326 e. The second-order valence-corrected chi connectivity index (χ2v) is 7.48. The number of rotatable bonds is 4. The van der Waals surface area contributed by atoms with Gasteiger partial charge >= 0.3 is 5.69 Å². The third-order valence-corrected chi connectivity index (χ3v) is 5.44. The van der Waals surface area contributed by atoms with Crippen molar-refractivity contribution in [1.29, 1.82) is 0 Å². The molecule has 2 aromatic carbocycles. The zero-order chi connectivity index (χ0) is 20.4. The number of carbonyl (C=O) groups excluding carboxylic acids is 2. The molecule has 1 aliphatic heterocycles. The molecular formula is C22H24N4O3. The van der Waals surface area contributed by atoms with Crippen molar-refractivity contribution in [2.75, 3.05) is 18.4 Å². The number of benzene rings is 2. The van der Waals surface area contributed by atoms with Crippen LogP contribution in [0.5, 0.6) is 0 Å². The van der Waals surface area contributed by atoms with E-state index in [0.29, 0.717) is 19.5 Å². The van der Waals surface area contributed by atoms with Gasteiger partial charge < -0.3 is 15.2 Å². The van der Waals surface area contributed by atoms with Gasteiger partial charge in [0, 0.05) is 31.7 Å². The Morgan fingerprint density at radius 3 is 2.45 bits per heavy atom. The van der Waals surface area contributed by atoms with Crippen LogP contribution < -0.4 is 11.0 Å². The van der Waals surface area contributed by atoms with Gasteiger partial charge in [-0.05, 0) is 42.7 Å². The first-order valence-corrected chi connectivity index (χ1v) is 9.85. The molecule has 29 heavy (non-hydrogen) atoms. The first kappa shape index (κ1) is 19.0. The number of imidazole rings is 1. The standard InChI is InChI=1S/C22H24N4O3/c1-15(27)23-17-8-6-16(7-9-17)14-21(28)25-12-10-18(11-13-25)26-20-5-3-2-4-19(20)24-22(26)29/h2-9,18H,10-14H2,1H3,(H,23,27)(H,24,29). The normalized spacial score (nSPS) is 14.9. The summed E-state index contributed by atoms with van der Waals surface area (Å²) < 4.78 is 1.83. The minimum atomic E-state index is -0.119. The number of carbonyl (C=O) groups is 2. The molecule has 2 heterocycles. The largest absolute Gasteiger partial charge is 0.342 e. The van der Waals surface area contributed by atoms with Crippen molar-refractivity contribution in [3.05, 3.63) is 64.6 Å². The van der Waals surface area contributed by atoms with E-state index in [1.54, 1.807) is 12.1 Å². The average molecular weight is 392 g/mol. The highest BCUT2D eigenvalue weighted by Gasteiger charge is 2.26. The molecule has 1 fully saturated rings. The number of nitrogens with zero attached hydrogens (tertiary/aromatic N) is 2. The number of hydrogen-bond acceptors (Lipinski definition) is 3. The molecule has 150 valence electrons. The average Bonchev–Trinajstić information content (AvgIpc) is 3.05. The van der Waals surface area contributed by atoms with E-state index in [2.05, 4.69) is 10.3 Å². The predicted molar refractivity (Wildman–Crippen MR) is 112 cm³/mol. The van der Waals surface area contributed by atoms with Gasteiger partial charge in [-0.3, -0.25) is 14.2 Å². The Morgan fingerprint density at radius 1 is 1.07 bits per heavy atom. The van der Waals surface area contributed by atoms with E-state index in [1.807, 2.05) is 45.9 Å². The summed E-state index contributed by atoms with van der Waals surface area (Å²) in [7, 11) is 0. The molecule has 4 rings (SSSR count). The molecule has 0 spiro atoms. The number of nitrogens with one attached hydrogen (secondary N) is 2. The van der Waals surface area contributed by atoms with Crippen LogP contribution in [0.3, 0.4) is 0 Å². The van der Waals surface area contributed by atoms with Crippen molar-refractivity contribution in [3.63, 3.8) is 0 Å². The Kier molecular flexibility index (Phi) is 5.20. The summed E-state index contributed by atoms with van der Waals surface area (Å²) in [5.41, 5.74) is 3.31. The van der Waals surface area contributed by atoms with E-state index in [4.69, 9.17) is 0 Å². The van der Waals surface area contributed by atoms with E-state index in [-0.39, 0.29) is 23.5 Å². The zero-order valence-corrected chi connectivity index (χ0v) is 16.4. The Labute approximate surface area is 168 Å². The van der Waals surface area contributed by atoms with E-state index < -0.39 is 0 Å². The number of anilines is 1. The molecule has 0 bridgehead atoms. The molecule has 1 saturated heterocycles. The number of fused-ring (bicyclic) bond motifs is 1. The highest BCUT2D eigenvalue weighted by atomic mass is 16.2. The van der Waals surface area contributed by atoms with Crippen LogP contribution in [0.4, 0.5) is 5.69 Å². The molecule has 0 radical (unpaired) electrons. The fraction of sp³-hybridized carbons (Fsp3) is 0.318. The lowest BCUT2D eigenvalue weighted by Crippen LogP contribution is -2.41. The maximum atomic E-state index is 12.7. The topological polar surface area (TPSA) is 87.2 Å². The maximum Gasteiger partial charge on any atom is 0.326 e. The van der Waals surface area contributed by atoms with E-state index in [9.17, 15) is 14.4 Å². The van der Waals surface area contributed by atoms with Crippen LogP contribution in [0.1, 0.15) is 31.4 Å². The lowest BCUT2D eigenvalue weighted by atomic mass is 10.0. The number of piperidine rings is 1. The molecule has 3 aromatic rings. The van der Waals surface area contributed by atoms with Gasteiger partial charge in [-0.15, -0.1) is 0 Å². The van der Waals surface area contributed by atoms with Crippen molar-refractivity contribution in [2.45, 2.75) is 32.2 Å². The number of amides is 2. The van der Waals surface area contributed by atoms with Crippen LogP contribution in [0.15, 0.2) is 53.3 Å². The van der Waals surface area contributed by atoms with E-state index >= 15 is 0 Å². The molecule has 2 amide bonds. The number of aromatic nitrogens is 2. The molecule has 0 unspecified atom stereocenters. The molecule has 7 nitrogen and oxygen atoms in total. The Morgan fingerprint density at radius 2 is 1.76 bits per heavy atom. The lowest BCUT2D eigenvalue weighted by molar-refractivity contribution is -0.131.